The Morgan fingerprint density at radius 2 is 1.45 bits per heavy atom. The Morgan fingerprint density at radius 3 is 2.00 bits per heavy atom. The van der Waals surface area contributed by atoms with Crippen LogP contribution in [0.4, 0.5) is 21.0 Å². The minimum Gasteiger partial charge on any atom is -0.480 e. The zero-order chi connectivity index (χ0) is 30.8. The third-order valence-corrected chi connectivity index (χ3v) is 7.33. The van der Waals surface area contributed by atoms with E-state index in [-0.39, 0.29) is 37.2 Å². The molecule has 0 aromatic heterocycles. The molecule has 1 heterocycles. The molecule has 0 atom stereocenters. The number of carbonyl (C=O) groups excluding carboxylic acids is 3. The molecule has 10 nitrogen and oxygen atoms in total. The fourth-order valence-electron chi connectivity index (χ4n) is 5.25. The number of anilines is 2. The summed E-state index contributed by atoms with van der Waals surface area (Å²) in [5.41, 5.74) is 1.63. The molecule has 0 saturated carbocycles. The molecule has 0 aliphatic carbocycles. The van der Waals surface area contributed by atoms with E-state index in [0.717, 1.165) is 27.5 Å². The lowest BCUT2D eigenvalue weighted by atomic mass is 9.87. The number of nitrogens with one attached hydrogen (secondary N) is 3. The summed E-state index contributed by atoms with van der Waals surface area (Å²) in [4.78, 5) is 53.3. The van der Waals surface area contributed by atoms with Gasteiger partial charge in [-0.25, -0.2) is 14.4 Å². The molecule has 0 spiro atoms. The number of ether oxygens (including phenoxy) is 1. The van der Waals surface area contributed by atoms with Crippen LogP contribution in [0.15, 0.2) is 48.5 Å². The van der Waals surface area contributed by atoms with E-state index in [2.05, 4.69) is 16.0 Å². The van der Waals surface area contributed by atoms with Crippen molar-refractivity contribution in [1.82, 2.24) is 10.2 Å². The number of aliphatic carboxylic acids is 1. The topological polar surface area (TPSA) is 137 Å². The number of likely N-dealkylation sites (tertiary alicyclic amines) is 1. The molecule has 1 aliphatic heterocycles. The van der Waals surface area contributed by atoms with Crippen molar-refractivity contribution in [2.75, 3.05) is 23.7 Å². The van der Waals surface area contributed by atoms with Gasteiger partial charge in [-0.3, -0.25) is 4.79 Å². The molecular weight excluding hydrogens is 536 g/mol. The Hall–Kier alpha value is -4.60. The molecule has 0 bridgehead atoms. The summed E-state index contributed by atoms with van der Waals surface area (Å²) in [6.45, 7) is 11.3. The van der Waals surface area contributed by atoms with Crippen LogP contribution in [0.5, 0.6) is 0 Å². The first kappa shape index (κ1) is 30.4. The summed E-state index contributed by atoms with van der Waals surface area (Å²) in [5, 5.41) is 20.1. The number of carboxylic acid groups (broad SMARTS) is 1. The maximum absolute atomic E-state index is 13.7. The summed E-state index contributed by atoms with van der Waals surface area (Å²) in [6.07, 6.45) is -0.536. The summed E-state index contributed by atoms with van der Waals surface area (Å²) >= 11 is 0. The average Bonchev–Trinajstić information content (AvgIpc) is 2.89. The number of hydrogen-bond acceptors (Lipinski definition) is 5. The number of benzene rings is 3. The molecule has 3 aromatic carbocycles. The van der Waals surface area contributed by atoms with Crippen molar-refractivity contribution < 1.29 is 29.0 Å². The molecule has 0 unspecified atom stereocenters. The summed E-state index contributed by atoms with van der Waals surface area (Å²) in [6, 6.07) is 14.1. The number of carboxylic acids is 1. The van der Waals surface area contributed by atoms with Crippen LogP contribution in [0.25, 0.3) is 10.8 Å². The number of carbonyl (C=O) groups is 4. The molecule has 4 rings (SSSR count). The molecule has 4 amide bonds. The van der Waals surface area contributed by atoms with Crippen LogP contribution < -0.4 is 16.0 Å². The Kier molecular flexibility index (Phi) is 8.47. The Morgan fingerprint density at radius 1 is 0.881 bits per heavy atom. The van der Waals surface area contributed by atoms with Gasteiger partial charge in [-0.15, -0.1) is 0 Å². The average molecular weight is 575 g/mol. The Bertz CT molecular complexity index is 1530. The van der Waals surface area contributed by atoms with E-state index in [1.165, 1.54) is 4.90 Å². The highest BCUT2D eigenvalue weighted by atomic mass is 16.6. The van der Waals surface area contributed by atoms with Crippen molar-refractivity contribution in [3.8, 4) is 0 Å². The van der Waals surface area contributed by atoms with Gasteiger partial charge in [-0.1, -0.05) is 42.0 Å². The second-order valence-corrected chi connectivity index (χ2v) is 11.9. The predicted molar refractivity (Wildman–Crippen MR) is 162 cm³/mol. The minimum atomic E-state index is -1.60. The van der Waals surface area contributed by atoms with Crippen molar-refractivity contribution in [2.45, 2.75) is 65.5 Å². The summed E-state index contributed by atoms with van der Waals surface area (Å²) < 4.78 is 5.42. The van der Waals surface area contributed by atoms with Crippen LogP contribution in [-0.2, 0) is 9.53 Å². The van der Waals surface area contributed by atoms with E-state index in [4.69, 9.17) is 4.74 Å². The smallest absolute Gasteiger partial charge is 0.410 e. The minimum absolute atomic E-state index is 0.00385. The molecular formula is C32H38N4O6. The Labute approximate surface area is 245 Å². The highest BCUT2D eigenvalue weighted by Crippen LogP contribution is 2.29. The first-order valence-corrected chi connectivity index (χ1v) is 13.9. The Balaban J connectivity index is 1.59. The molecule has 1 fully saturated rings. The van der Waals surface area contributed by atoms with Gasteiger partial charge in [0.25, 0.3) is 5.91 Å². The highest BCUT2D eigenvalue weighted by molar-refractivity contribution is 6.10. The number of rotatable bonds is 5. The number of amides is 4. The zero-order valence-electron chi connectivity index (χ0n) is 24.9. The van der Waals surface area contributed by atoms with Crippen LogP contribution in [0.1, 0.15) is 60.7 Å². The van der Waals surface area contributed by atoms with E-state index in [0.29, 0.717) is 5.69 Å². The quantitative estimate of drug-likeness (QED) is 0.295. The van der Waals surface area contributed by atoms with Gasteiger partial charge in [0.05, 0.1) is 11.3 Å². The first-order valence-electron chi connectivity index (χ1n) is 13.9. The normalized spacial score (nSPS) is 14.7. The summed E-state index contributed by atoms with van der Waals surface area (Å²) in [7, 11) is 0. The van der Waals surface area contributed by atoms with E-state index in [1.807, 2.05) is 57.2 Å². The van der Waals surface area contributed by atoms with Gasteiger partial charge in [0.15, 0.2) is 0 Å². The second-order valence-electron chi connectivity index (χ2n) is 11.9. The lowest BCUT2D eigenvalue weighted by Crippen LogP contribution is -2.61. The first-order chi connectivity index (χ1) is 19.7. The molecule has 4 N–H and O–H groups in total. The van der Waals surface area contributed by atoms with E-state index >= 15 is 0 Å². The van der Waals surface area contributed by atoms with Crippen molar-refractivity contribution in [2.24, 2.45) is 0 Å². The molecule has 1 saturated heterocycles. The van der Waals surface area contributed by atoms with E-state index in [1.54, 1.807) is 32.9 Å². The van der Waals surface area contributed by atoms with Crippen LogP contribution in [0, 0.1) is 20.8 Å². The van der Waals surface area contributed by atoms with Gasteiger partial charge < -0.3 is 30.7 Å². The number of aryl methyl sites for hydroxylation is 3. The lowest BCUT2D eigenvalue weighted by molar-refractivity contribution is -0.146. The van der Waals surface area contributed by atoms with E-state index < -0.39 is 35.1 Å². The molecule has 0 radical (unpaired) electrons. The standard InChI is InChI=1S/C32H38N4O6/c1-19-15-20(2)26(21(3)16-19)34-29(40)33-25-18-23-10-8-7-9-22(23)17-24(25)27(37)35-32(28(38)39)11-13-36(14-12-32)30(41)42-31(4,5)6/h7-10,15-18H,11-14H2,1-6H3,(H,35,37)(H,38,39)(H2,33,34,40). The number of hydrogen-bond donors (Lipinski definition) is 4. The van der Waals surface area contributed by atoms with Gasteiger partial charge in [-0.05, 0) is 88.4 Å². The molecule has 222 valence electrons. The molecule has 3 aromatic rings. The van der Waals surface area contributed by atoms with Crippen LogP contribution >= 0.6 is 0 Å². The summed E-state index contributed by atoms with van der Waals surface area (Å²) in [5.74, 6) is -1.84. The van der Waals surface area contributed by atoms with Crippen molar-refractivity contribution in [1.29, 1.82) is 0 Å². The monoisotopic (exact) mass is 574 g/mol. The number of piperidine rings is 1. The third-order valence-electron chi connectivity index (χ3n) is 7.33. The fraction of sp³-hybridized carbons (Fsp3) is 0.375. The lowest BCUT2D eigenvalue weighted by Gasteiger charge is -2.39. The second kappa shape index (κ2) is 11.7. The van der Waals surface area contributed by atoms with Crippen molar-refractivity contribution >= 4 is 46.1 Å². The molecule has 42 heavy (non-hydrogen) atoms. The van der Waals surface area contributed by atoms with Crippen molar-refractivity contribution in [3.63, 3.8) is 0 Å². The number of fused-ring (bicyclic) bond motifs is 1. The molecule has 10 heteroatoms. The third kappa shape index (κ3) is 6.82. The highest BCUT2D eigenvalue weighted by Gasteiger charge is 2.44. The van der Waals surface area contributed by atoms with E-state index in [9.17, 15) is 24.3 Å². The maximum Gasteiger partial charge on any atom is 0.410 e. The SMILES string of the molecule is Cc1cc(C)c(NC(=O)Nc2cc3ccccc3cc2C(=O)NC2(C(=O)O)CCN(C(=O)OC(C)(C)C)CC2)c(C)c1. The fourth-order valence-corrected chi connectivity index (χ4v) is 5.25. The largest absolute Gasteiger partial charge is 0.480 e. The van der Waals surface area contributed by atoms with Gasteiger partial charge in [0, 0.05) is 18.8 Å². The number of nitrogens with zero attached hydrogens (tertiary/aromatic N) is 1. The predicted octanol–water partition coefficient (Wildman–Crippen LogP) is 5.99. The van der Waals surface area contributed by atoms with Crippen LogP contribution in [0.3, 0.4) is 0 Å². The number of urea groups is 1. The maximum atomic E-state index is 13.7. The molecule has 1 aliphatic rings. The van der Waals surface area contributed by atoms with Crippen LogP contribution in [-0.4, -0.2) is 58.2 Å². The van der Waals surface area contributed by atoms with Gasteiger partial charge >= 0.3 is 18.1 Å². The van der Waals surface area contributed by atoms with Gasteiger partial charge in [0.1, 0.15) is 11.1 Å². The van der Waals surface area contributed by atoms with Crippen molar-refractivity contribution in [3.05, 3.63) is 70.8 Å². The van der Waals surface area contributed by atoms with Crippen LogP contribution in [0.2, 0.25) is 0 Å². The van der Waals surface area contributed by atoms with Gasteiger partial charge in [-0.2, -0.15) is 0 Å². The van der Waals surface area contributed by atoms with Gasteiger partial charge in [0.2, 0.25) is 0 Å². The zero-order valence-corrected chi connectivity index (χ0v) is 24.9.